The maximum absolute atomic E-state index is 4.65. The van der Waals surface area contributed by atoms with Gasteiger partial charge in [-0.2, -0.15) is 10.1 Å². The van der Waals surface area contributed by atoms with E-state index in [-0.39, 0.29) is 0 Å². The third kappa shape index (κ3) is 5.01. The molecule has 0 saturated heterocycles. The van der Waals surface area contributed by atoms with Crippen molar-refractivity contribution in [2.24, 2.45) is 0 Å². The number of nitrogens with zero attached hydrogens (tertiary/aromatic N) is 8. The van der Waals surface area contributed by atoms with Crippen molar-refractivity contribution < 1.29 is 0 Å². The van der Waals surface area contributed by atoms with Crippen LogP contribution >= 0.6 is 0 Å². The number of anilines is 4. The summed E-state index contributed by atoms with van der Waals surface area (Å²) in [5, 5.41) is 8.95. The number of hydrogen-bond acceptors (Lipinski definition) is 7. The van der Waals surface area contributed by atoms with E-state index >= 15 is 0 Å². The smallest absolute Gasteiger partial charge is 0.234 e. The fourth-order valence-corrected chi connectivity index (χ4v) is 4.26. The predicted molar refractivity (Wildman–Crippen MR) is 144 cm³/mol. The van der Waals surface area contributed by atoms with E-state index in [9.17, 15) is 0 Å². The maximum atomic E-state index is 4.65. The number of benzene rings is 3. The van der Waals surface area contributed by atoms with E-state index in [1.54, 1.807) is 12.5 Å². The molecule has 9 heteroatoms. The first-order chi connectivity index (χ1) is 18.2. The Bertz CT molecular complexity index is 1620. The highest BCUT2D eigenvalue weighted by Crippen LogP contribution is 2.26. The Hall–Kier alpha value is -5.05. The summed E-state index contributed by atoms with van der Waals surface area (Å²) < 4.78 is 4.04. The third-order valence-electron chi connectivity index (χ3n) is 6.15. The molecule has 0 amide bonds. The van der Waals surface area contributed by atoms with Gasteiger partial charge in [-0.3, -0.25) is 4.68 Å². The van der Waals surface area contributed by atoms with Crippen LogP contribution in [0, 0.1) is 0 Å². The van der Waals surface area contributed by atoms with Crippen molar-refractivity contribution in [3.8, 4) is 0 Å². The van der Waals surface area contributed by atoms with Gasteiger partial charge in [-0.1, -0.05) is 42.5 Å². The molecule has 0 atom stereocenters. The molecule has 3 heterocycles. The second-order valence-electron chi connectivity index (χ2n) is 8.76. The Morgan fingerprint density at radius 2 is 1.78 bits per heavy atom. The summed E-state index contributed by atoms with van der Waals surface area (Å²) in [6.45, 7) is 1.47. The number of fused-ring (bicyclic) bond motifs is 1. The van der Waals surface area contributed by atoms with Crippen molar-refractivity contribution in [3.05, 3.63) is 115 Å². The van der Waals surface area contributed by atoms with Crippen LogP contribution in [0.2, 0.25) is 0 Å². The zero-order chi connectivity index (χ0) is 25.0. The standard InChI is InChI=1S/C28H25N9/c1-35(25-10-11-26-23(15-25)16-32-37(26)18-21-6-3-2-4-7-21)28-31-19-30-27(34-28)33-24-9-5-8-22(14-24)17-36-13-12-29-20-36/h2-16,19-20H,17-18H2,1H3,(H,30,31,33,34). The van der Waals surface area contributed by atoms with Gasteiger partial charge in [0.15, 0.2) is 0 Å². The van der Waals surface area contributed by atoms with E-state index in [0.29, 0.717) is 11.9 Å². The minimum absolute atomic E-state index is 0.480. The molecule has 182 valence electrons. The largest absolute Gasteiger partial charge is 0.333 e. The highest BCUT2D eigenvalue weighted by molar-refractivity contribution is 5.83. The maximum Gasteiger partial charge on any atom is 0.234 e. The zero-order valence-electron chi connectivity index (χ0n) is 20.3. The van der Waals surface area contributed by atoms with Crippen LogP contribution in [-0.4, -0.2) is 41.3 Å². The van der Waals surface area contributed by atoms with Crippen LogP contribution < -0.4 is 10.2 Å². The molecule has 37 heavy (non-hydrogen) atoms. The lowest BCUT2D eigenvalue weighted by molar-refractivity contribution is 0.712. The van der Waals surface area contributed by atoms with Gasteiger partial charge in [-0.25, -0.2) is 15.0 Å². The molecule has 0 aliphatic heterocycles. The lowest BCUT2D eigenvalue weighted by Crippen LogP contribution is -2.14. The summed E-state index contributed by atoms with van der Waals surface area (Å²) in [4.78, 5) is 19.4. The molecule has 9 nitrogen and oxygen atoms in total. The lowest BCUT2D eigenvalue weighted by Gasteiger charge is -2.18. The molecule has 0 saturated carbocycles. The fraction of sp³-hybridized carbons (Fsp3) is 0.107. The summed E-state index contributed by atoms with van der Waals surface area (Å²) in [5.41, 5.74) is 5.31. The number of imidazole rings is 1. The Balaban J connectivity index is 1.19. The Morgan fingerprint density at radius 1 is 0.892 bits per heavy atom. The molecule has 0 bridgehead atoms. The fourth-order valence-electron chi connectivity index (χ4n) is 4.26. The van der Waals surface area contributed by atoms with E-state index < -0.39 is 0 Å². The van der Waals surface area contributed by atoms with E-state index in [0.717, 1.165) is 40.9 Å². The molecule has 0 radical (unpaired) electrons. The van der Waals surface area contributed by atoms with E-state index in [4.69, 9.17) is 0 Å². The Kier molecular flexibility index (Phi) is 6.00. The van der Waals surface area contributed by atoms with Crippen LogP contribution in [0.5, 0.6) is 0 Å². The molecular formula is C28H25N9. The molecule has 0 spiro atoms. The molecule has 3 aromatic carbocycles. The molecule has 3 aromatic heterocycles. The van der Waals surface area contributed by atoms with Gasteiger partial charge in [-0.05, 0) is 41.5 Å². The van der Waals surface area contributed by atoms with Gasteiger partial charge >= 0.3 is 0 Å². The summed E-state index contributed by atoms with van der Waals surface area (Å²) in [6, 6.07) is 24.7. The van der Waals surface area contributed by atoms with Gasteiger partial charge in [0.1, 0.15) is 6.33 Å². The summed E-state index contributed by atoms with van der Waals surface area (Å²) >= 11 is 0. The van der Waals surface area contributed by atoms with Crippen molar-refractivity contribution in [1.82, 2.24) is 34.3 Å². The minimum atomic E-state index is 0.480. The predicted octanol–water partition coefficient (Wildman–Crippen LogP) is 5.03. The van der Waals surface area contributed by atoms with Crippen molar-refractivity contribution in [2.75, 3.05) is 17.3 Å². The number of hydrogen-bond donors (Lipinski definition) is 1. The van der Waals surface area contributed by atoms with Gasteiger partial charge < -0.3 is 14.8 Å². The van der Waals surface area contributed by atoms with Crippen LogP contribution in [0.4, 0.5) is 23.3 Å². The number of rotatable bonds is 8. The average Bonchev–Trinajstić information content (AvgIpc) is 3.59. The molecular weight excluding hydrogens is 462 g/mol. The molecule has 0 fully saturated rings. The molecule has 0 aliphatic carbocycles. The molecule has 0 unspecified atom stereocenters. The lowest BCUT2D eigenvalue weighted by atomic mass is 10.2. The van der Waals surface area contributed by atoms with E-state index in [1.807, 2.05) is 63.9 Å². The van der Waals surface area contributed by atoms with Crippen LogP contribution in [0.3, 0.4) is 0 Å². The van der Waals surface area contributed by atoms with E-state index in [1.165, 1.54) is 11.9 Å². The van der Waals surface area contributed by atoms with Crippen molar-refractivity contribution in [1.29, 1.82) is 0 Å². The SMILES string of the molecule is CN(c1ccc2c(cnn2Cc2ccccc2)c1)c1ncnc(Nc2cccc(Cn3ccnc3)c2)n1. The second-order valence-corrected chi connectivity index (χ2v) is 8.76. The summed E-state index contributed by atoms with van der Waals surface area (Å²) in [7, 11) is 1.94. The average molecular weight is 488 g/mol. The highest BCUT2D eigenvalue weighted by Gasteiger charge is 2.12. The quantitative estimate of drug-likeness (QED) is 0.322. The third-order valence-corrected chi connectivity index (χ3v) is 6.15. The number of aromatic nitrogens is 7. The Labute approximate surface area is 214 Å². The van der Waals surface area contributed by atoms with Gasteiger partial charge in [-0.15, -0.1) is 0 Å². The van der Waals surface area contributed by atoms with Crippen LogP contribution in [0.1, 0.15) is 11.1 Å². The molecule has 6 rings (SSSR count). The highest BCUT2D eigenvalue weighted by atomic mass is 15.3. The van der Waals surface area contributed by atoms with E-state index in [2.05, 4.69) is 72.8 Å². The minimum Gasteiger partial charge on any atom is -0.333 e. The van der Waals surface area contributed by atoms with Gasteiger partial charge in [0.25, 0.3) is 0 Å². The van der Waals surface area contributed by atoms with Gasteiger partial charge in [0, 0.05) is 42.7 Å². The normalized spacial score (nSPS) is 11.1. The summed E-state index contributed by atoms with van der Waals surface area (Å²) in [6.07, 6.45) is 8.94. The van der Waals surface area contributed by atoms with Crippen LogP contribution in [0.15, 0.2) is 104 Å². The Morgan fingerprint density at radius 3 is 2.65 bits per heavy atom. The van der Waals surface area contributed by atoms with Crippen molar-refractivity contribution >= 4 is 34.2 Å². The van der Waals surface area contributed by atoms with Crippen LogP contribution in [-0.2, 0) is 13.1 Å². The van der Waals surface area contributed by atoms with Gasteiger partial charge in [0.2, 0.25) is 11.9 Å². The van der Waals surface area contributed by atoms with Crippen molar-refractivity contribution in [2.45, 2.75) is 13.1 Å². The van der Waals surface area contributed by atoms with Gasteiger partial charge in [0.05, 0.1) is 24.6 Å². The number of nitrogens with one attached hydrogen (secondary N) is 1. The van der Waals surface area contributed by atoms with Crippen LogP contribution in [0.25, 0.3) is 10.9 Å². The first-order valence-corrected chi connectivity index (χ1v) is 12.0. The molecule has 0 aliphatic rings. The first-order valence-electron chi connectivity index (χ1n) is 12.0. The summed E-state index contributed by atoms with van der Waals surface area (Å²) in [5.74, 6) is 1.02. The molecule has 6 aromatic rings. The first kappa shape index (κ1) is 22.4. The van der Waals surface area contributed by atoms with Crippen molar-refractivity contribution in [3.63, 3.8) is 0 Å². The zero-order valence-corrected chi connectivity index (χ0v) is 20.3. The topological polar surface area (TPSA) is 89.6 Å². The monoisotopic (exact) mass is 487 g/mol. The second kappa shape index (κ2) is 9.90. The molecule has 1 N–H and O–H groups in total.